The van der Waals surface area contributed by atoms with E-state index in [0.29, 0.717) is 29.2 Å². The molecule has 0 aliphatic carbocycles. The van der Waals surface area contributed by atoms with Crippen LogP contribution < -0.4 is 9.47 Å². The van der Waals surface area contributed by atoms with Crippen molar-refractivity contribution in [1.82, 2.24) is 0 Å². The number of carboxylic acid groups (broad SMARTS) is 1. The van der Waals surface area contributed by atoms with Crippen LogP contribution in [0, 0.1) is 13.8 Å². The molecule has 31 heavy (non-hydrogen) atoms. The van der Waals surface area contributed by atoms with E-state index in [4.69, 9.17) is 9.47 Å². The number of rotatable bonds is 7. The Morgan fingerprint density at radius 3 is 2.00 bits per heavy atom. The van der Waals surface area contributed by atoms with Crippen LogP contribution >= 0.6 is 0 Å². The molecule has 156 valence electrons. The molecule has 0 fully saturated rings. The molecule has 0 bridgehead atoms. The summed E-state index contributed by atoms with van der Waals surface area (Å²) < 4.78 is 11.9. The van der Waals surface area contributed by atoms with E-state index in [-0.39, 0.29) is 6.61 Å². The number of carbonyl (C=O) groups is 1. The van der Waals surface area contributed by atoms with Crippen molar-refractivity contribution < 1.29 is 19.4 Å². The molecule has 0 unspecified atom stereocenters. The minimum Gasteiger partial charge on any atom is -0.489 e. The fourth-order valence-electron chi connectivity index (χ4n) is 3.69. The molecule has 4 rings (SSSR count). The lowest BCUT2D eigenvalue weighted by Crippen LogP contribution is -2.08. The van der Waals surface area contributed by atoms with E-state index in [0.717, 1.165) is 11.1 Å². The third kappa shape index (κ3) is 4.69. The first-order chi connectivity index (χ1) is 15.0. The van der Waals surface area contributed by atoms with Gasteiger partial charge in [-0.2, -0.15) is 0 Å². The molecule has 0 saturated heterocycles. The Morgan fingerprint density at radius 2 is 1.32 bits per heavy atom. The summed E-state index contributed by atoms with van der Waals surface area (Å²) in [5.74, 6) is 0.387. The Bertz CT molecular complexity index is 1240. The van der Waals surface area contributed by atoms with Gasteiger partial charge in [-0.1, -0.05) is 54.6 Å². The van der Waals surface area contributed by atoms with E-state index in [1.807, 2.05) is 42.5 Å². The minimum atomic E-state index is -0.945. The number of hydrogen-bond donors (Lipinski definition) is 1. The Hall–Kier alpha value is -3.79. The Labute approximate surface area is 181 Å². The summed E-state index contributed by atoms with van der Waals surface area (Å²) in [5, 5.41) is 11.9. The Morgan fingerprint density at radius 1 is 0.710 bits per heavy atom. The second-order valence-corrected chi connectivity index (χ2v) is 7.59. The van der Waals surface area contributed by atoms with Crippen molar-refractivity contribution >= 4 is 16.7 Å². The fourth-order valence-corrected chi connectivity index (χ4v) is 3.69. The lowest BCUT2D eigenvalue weighted by molar-refractivity contribution is 0.0693. The molecule has 0 aromatic heterocycles. The highest BCUT2D eigenvalue weighted by molar-refractivity contribution is 5.91. The van der Waals surface area contributed by atoms with E-state index >= 15 is 0 Å². The fraction of sp³-hybridized carbons (Fsp3) is 0.148. The highest BCUT2D eigenvalue weighted by Crippen LogP contribution is 2.25. The number of fused-ring (bicyclic) bond motifs is 1. The molecule has 4 heteroatoms. The van der Waals surface area contributed by atoms with Crippen LogP contribution in [0.4, 0.5) is 0 Å². The largest absolute Gasteiger partial charge is 0.489 e. The minimum absolute atomic E-state index is 0.177. The molecule has 0 radical (unpaired) electrons. The van der Waals surface area contributed by atoms with Crippen LogP contribution in [0.15, 0.2) is 78.9 Å². The lowest BCUT2D eigenvalue weighted by atomic mass is 10.0. The van der Waals surface area contributed by atoms with Crippen LogP contribution in [-0.2, 0) is 13.2 Å². The molecule has 0 atom stereocenters. The first kappa shape index (κ1) is 20.5. The zero-order valence-electron chi connectivity index (χ0n) is 17.6. The maximum Gasteiger partial charge on any atom is 0.336 e. The Kier molecular flexibility index (Phi) is 5.89. The third-order valence-corrected chi connectivity index (χ3v) is 5.37. The van der Waals surface area contributed by atoms with Gasteiger partial charge in [0.15, 0.2) is 0 Å². The van der Waals surface area contributed by atoms with Gasteiger partial charge in [0.25, 0.3) is 0 Å². The summed E-state index contributed by atoms with van der Waals surface area (Å²) in [6, 6.07) is 25.4. The molecule has 0 amide bonds. The van der Waals surface area contributed by atoms with Crippen molar-refractivity contribution in [3.05, 3.63) is 107 Å². The monoisotopic (exact) mass is 412 g/mol. The number of aryl methyl sites for hydroxylation is 2. The van der Waals surface area contributed by atoms with Crippen LogP contribution in [0.5, 0.6) is 11.5 Å². The molecule has 0 saturated carbocycles. The first-order valence-electron chi connectivity index (χ1n) is 10.2. The second kappa shape index (κ2) is 8.92. The van der Waals surface area contributed by atoms with Crippen LogP contribution in [0.3, 0.4) is 0 Å². The number of hydrogen-bond acceptors (Lipinski definition) is 3. The molecule has 0 spiro atoms. The molecule has 4 aromatic rings. The molecular formula is C27H24O4. The number of carboxylic acids is 1. The van der Waals surface area contributed by atoms with Gasteiger partial charge in [-0.15, -0.1) is 0 Å². The summed E-state index contributed by atoms with van der Waals surface area (Å²) in [4.78, 5) is 11.6. The van der Waals surface area contributed by atoms with Gasteiger partial charge in [-0.3, -0.25) is 0 Å². The topological polar surface area (TPSA) is 55.8 Å². The molecular weight excluding hydrogens is 388 g/mol. The standard InChI is InChI=1S/C27H24O4/c1-18-7-5-10-22(26(18)27(28)29)16-30-24-11-6-12-25(15-24)31-17-23-14-21-9-4-3-8-20(21)13-19(23)2/h3-15H,16-17H2,1-2H3,(H,28,29). The second-order valence-electron chi connectivity index (χ2n) is 7.59. The zero-order valence-corrected chi connectivity index (χ0v) is 17.6. The lowest BCUT2D eigenvalue weighted by Gasteiger charge is -2.13. The maximum atomic E-state index is 11.6. The number of ether oxygens (including phenoxy) is 2. The summed E-state index contributed by atoms with van der Waals surface area (Å²) in [6.45, 7) is 4.51. The van der Waals surface area contributed by atoms with Crippen LogP contribution in [-0.4, -0.2) is 11.1 Å². The number of benzene rings is 4. The molecule has 4 nitrogen and oxygen atoms in total. The van der Waals surface area contributed by atoms with Crippen LogP contribution in [0.25, 0.3) is 10.8 Å². The van der Waals surface area contributed by atoms with E-state index < -0.39 is 5.97 Å². The van der Waals surface area contributed by atoms with Crippen molar-refractivity contribution in [1.29, 1.82) is 0 Å². The summed E-state index contributed by atoms with van der Waals surface area (Å²) in [7, 11) is 0. The van der Waals surface area contributed by atoms with Gasteiger partial charge < -0.3 is 14.6 Å². The predicted octanol–water partition coefficient (Wildman–Crippen LogP) is 6.31. The average Bonchev–Trinajstić information content (AvgIpc) is 2.76. The van der Waals surface area contributed by atoms with Gasteiger partial charge in [0, 0.05) is 11.6 Å². The first-order valence-corrected chi connectivity index (χ1v) is 10.2. The van der Waals surface area contributed by atoms with E-state index in [2.05, 4.69) is 31.2 Å². The highest BCUT2D eigenvalue weighted by atomic mass is 16.5. The maximum absolute atomic E-state index is 11.6. The van der Waals surface area contributed by atoms with Gasteiger partial charge in [0.05, 0.1) is 5.56 Å². The summed E-state index contributed by atoms with van der Waals surface area (Å²) in [5.41, 5.74) is 3.98. The normalized spacial score (nSPS) is 10.8. The highest BCUT2D eigenvalue weighted by Gasteiger charge is 2.13. The van der Waals surface area contributed by atoms with Crippen molar-refractivity contribution in [2.24, 2.45) is 0 Å². The molecule has 0 aliphatic rings. The van der Waals surface area contributed by atoms with Crippen molar-refractivity contribution in [2.45, 2.75) is 27.1 Å². The van der Waals surface area contributed by atoms with Crippen LogP contribution in [0.1, 0.15) is 32.6 Å². The summed E-state index contributed by atoms with van der Waals surface area (Å²) >= 11 is 0. The zero-order chi connectivity index (χ0) is 21.8. The van der Waals surface area contributed by atoms with Crippen molar-refractivity contribution in [3.63, 3.8) is 0 Å². The number of aromatic carboxylic acids is 1. The molecule has 1 N–H and O–H groups in total. The van der Waals surface area contributed by atoms with Crippen molar-refractivity contribution in [2.75, 3.05) is 0 Å². The van der Waals surface area contributed by atoms with Crippen LogP contribution in [0.2, 0.25) is 0 Å². The molecule has 4 aromatic carbocycles. The smallest absolute Gasteiger partial charge is 0.336 e. The quantitative estimate of drug-likeness (QED) is 0.386. The molecule has 0 heterocycles. The Balaban J connectivity index is 1.45. The van der Waals surface area contributed by atoms with Gasteiger partial charge in [-0.05, 0) is 59.5 Å². The molecule has 0 aliphatic heterocycles. The van der Waals surface area contributed by atoms with Gasteiger partial charge in [0.2, 0.25) is 0 Å². The van der Waals surface area contributed by atoms with E-state index in [9.17, 15) is 9.90 Å². The van der Waals surface area contributed by atoms with Gasteiger partial charge >= 0.3 is 5.97 Å². The van der Waals surface area contributed by atoms with E-state index in [1.165, 1.54) is 16.3 Å². The van der Waals surface area contributed by atoms with Crippen molar-refractivity contribution in [3.8, 4) is 11.5 Å². The van der Waals surface area contributed by atoms with Gasteiger partial charge in [0.1, 0.15) is 24.7 Å². The van der Waals surface area contributed by atoms with E-state index in [1.54, 1.807) is 19.1 Å². The SMILES string of the molecule is Cc1cc2ccccc2cc1COc1cccc(OCc2cccc(C)c2C(=O)O)c1. The summed E-state index contributed by atoms with van der Waals surface area (Å²) in [6.07, 6.45) is 0. The predicted molar refractivity (Wildman–Crippen MR) is 122 cm³/mol. The average molecular weight is 412 g/mol. The third-order valence-electron chi connectivity index (χ3n) is 5.37. The van der Waals surface area contributed by atoms with Gasteiger partial charge in [-0.25, -0.2) is 4.79 Å².